The summed E-state index contributed by atoms with van der Waals surface area (Å²) in [7, 11) is 5.02. The second-order valence-corrected chi connectivity index (χ2v) is 6.12. The second-order valence-electron chi connectivity index (χ2n) is 6.12. The molecule has 0 fully saturated rings. The standard InChI is InChI=1S/C18H18N4O4/c1-9-5-15(21-26-9)19-18(23)16-12-6-10-7-13(24-3)14(25-4)8-11(10)17(12)22(2)20-16/h5,7-8H,6H2,1-4H3,(H,19,21,23). The van der Waals surface area contributed by atoms with E-state index in [2.05, 4.69) is 15.6 Å². The molecule has 1 aliphatic carbocycles. The average Bonchev–Trinajstić information content (AvgIpc) is 3.28. The van der Waals surface area contributed by atoms with Gasteiger partial charge in [0.2, 0.25) is 0 Å². The van der Waals surface area contributed by atoms with Gasteiger partial charge in [-0.25, -0.2) is 0 Å². The lowest BCUT2D eigenvalue weighted by Gasteiger charge is -2.11. The summed E-state index contributed by atoms with van der Waals surface area (Å²) >= 11 is 0. The number of methoxy groups -OCH3 is 2. The predicted octanol–water partition coefficient (Wildman–Crippen LogP) is 2.56. The van der Waals surface area contributed by atoms with Crippen molar-refractivity contribution in [3.63, 3.8) is 0 Å². The molecule has 2 aromatic heterocycles. The molecule has 3 aromatic rings. The Kier molecular flexibility index (Phi) is 3.68. The quantitative estimate of drug-likeness (QED) is 0.606. The number of ether oxygens (including phenoxy) is 2. The molecular weight excluding hydrogens is 336 g/mol. The van der Waals surface area contributed by atoms with E-state index in [4.69, 9.17) is 14.0 Å². The Morgan fingerprint density at radius 3 is 2.62 bits per heavy atom. The van der Waals surface area contributed by atoms with Gasteiger partial charge in [0.05, 0.1) is 19.9 Å². The van der Waals surface area contributed by atoms with E-state index in [1.165, 1.54) is 0 Å². The average molecular weight is 354 g/mol. The monoisotopic (exact) mass is 354 g/mol. The minimum absolute atomic E-state index is 0.318. The van der Waals surface area contributed by atoms with Crippen molar-refractivity contribution in [1.29, 1.82) is 0 Å². The molecule has 0 unspecified atom stereocenters. The molecule has 134 valence electrons. The Hall–Kier alpha value is -3.29. The maximum Gasteiger partial charge on any atom is 0.277 e. The molecule has 0 atom stereocenters. The second kappa shape index (κ2) is 5.91. The molecule has 8 nitrogen and oxygen atoms in total. The normalized spacial score (nSPS) is 11.8. The molecule has 0 saturated heterocycles. The highest BCUT2D eigenvalue weighted by Gasteiger charge is 2.31. The molecule has 2 heterocycles. The lowest BCUT2D eigenvalue weighted by molar-refractivity contribution is 0.102. The predicted molar refractivity (Wildman–Crippen MR) is 93.7 cm³/mol. The number of benzene rings is 1. The first-order valence-electron chi connectivity index (χ1n) is 8.07. The fourth-order valence-electron chi connectivity index (χ4n) is 3.33. The van der Waals surface area contributed by atoms with E-state index in [9.17, 15) is 4.79 Å². The van der Waals surface area contributed by atoms with Gasteiger partial charge in [-0.05, 0) is 24.6 Å². The molecule has 26 heavy (non-hydrogen) atoms. The molecular formula is C18H18N4O4. The Balaban J connectivity index is 1.73. The number of rotatable bonds is 4. The highest BCUT2D eigenvalue weighted by atomic mass is 16.5. The zero-order chi connectivity index (χ0) is 18.4. The summed E-state index contributed by atoms with van der Waals surface area (Å²) in [6, 6.07) is 5.52. The van der Waals surface area contributed by atoms with Gasteiger partial charge >= 0.3 is 0 Å². The van der Waals surface area contributed by atoms with Crippen LogP contribution in [0.2, 0.25) is 0 Å². The van der Waals surface area contributed by atoms with Gasteiger partial charge in [0.15, 0.2) is 23.0 Å². The number of nitrogens with one attached hydrogen (secondary N) is 1. The number of aryl methyl sites for hydroxylation is 2. The van der Waals surface area contributed by atoms with Crippen LogP contribution in [0, 0.1) is 6.92 Å². The Morgan fingerprint density at radius 1 is 1.23 bits per heavy atom. The first-order valence-corrected chi connectivity index (χ1v) is 8.07. The molecule has 0 bridgehead atoms. The van der Waals surface area contributed by atoms with Crippen LogP contribution in [0.25, 0.3) is 11.3 Å². The van der Waals surface area contributed by atoms with E-state index in [1.807, 2.05) is 19.2 Å². The zero-order valence-electron chi connectivity index (χ0n) is 14.9. The van der Waals surface area contributed by atoms with Gasteiger partial charge in [-0.2, -0.15) is 5.10 Å². The number of amides is 1. The summed E-state index contributed by atoms with van der Waals surface area (Å²) in [5.41, 5.74) is 4.20. The van der Waals surface area contributed by atoms with Crippen LogP contribution >= 0.6 is 0 Å². The van der Waals surface area contributed by atoms with E-state index in [-0.39, 0.29) is 5.91 Å². The number of carbonyl (C=O) groups is 1. The van der Waals surface area contributed by atoms with E-state index in [0.29, 0.717) is 35.2 Å². The van der Waals surface area contributed by atoms with Crippen LogP contribution < -0.4 is 14.8 Å². The fraction of sp³-hybridized carbons (Fsp3) is 0.278. The van der Waals surface area contributed by atoms with Gasteiger partial charge in [-0.3, -0.25) is 9.48 Å². The van der Waals surface area contributed by atoms with Crippen molar-refractivity contribution >= 4 is 11.7 Å². The smallest absolute Gasteiger partial charge is 0.277 e. The number of fused-ring (bicyclic) bond motifs is 3. The molecule has 0 spiro atoms. The number of nitrogens with zero attached hydrogens (tertiary/aromatic N) is 3. The fourth-order valence-corrected chi connectivity index (χ4v) is 3.33. The van der Waals surface area contributed by atoms with Crippen molar-refractivity contribution < 1.29 is 18.8 Å². The molecule has 0 saturated carbocycles. The van der Waals surface area contributed by atoms with Gasteiger partial charge in [0, 0.05) is 30.7 Å². The third kappa shape index (κ3) is 2.42. The molecule has 8 heteroatoms. The number of carbonyl (C=O) groups excluding carboxylic acids is 1. The van der Waals surface area contributed by atoms with Crippen molar-refractivity contribution in [2.24, 2.45) is 7.05 Å². The van der Waals surface area contributed by atoms with Crippen LogP contribution in [-0.4, -0.2) is 35.1 Å². The minimum Gasteiger partial charge on any atom is -0.493 e. The summed E-state index contributed by atoms with van der Waals surface area (Å²) in [4.78, 5) is 12.7. The van der Waals surface area contributed by atoms with Crippen molar-refractivity contribution in [1.82, 2.24) is 14.9 Å². The number of hydrogen-bond acceptors (Lipinski definition) is 6. The van der Waals surface area contributed by atoms with Gasteiger partial charge in [0.1, 0.15) is 5.76 Å². The largest absolute Gasteiger partial charge is 0.493 e. The summed E-state index contributed by atoms with van der Waals surface area (Å²) in [6.07, 6.45) is 0.597. The van der Waals surface area contributed by atoms with Crippen molar-refractivity contribution in [3.8, 4) is 22.8 Å². The van der Waals surface area contributed by atoms with Gasteiger partial charge in [-0.1, -0.05) is 5.16 Å². The lowest BCUT2D eigenvalue weighted by atomic mass is 10.1. The van der Waals surface area contributed by atoms with E-state index in [0.717, 1.165) is 22.4 Å². The summed E-state index contributed by atoms with van der Waals surface area (Å²) in [5, 5.41) is 10.9. The first-order chi connectivity index (χ1) is 12.5. The van der Waals surface area contributed by atoms with Crippen LogP contribution in [-0.2, 0) is 13.5 Å². The minimum atomic E-state index is -0.318. The van der Waals surface area contributed by atoms with Crippen LogP contribution in [0.4, 0.5) is 5.82 Å². The molecule has 4 rings (SSSR count). The molecule has 0 radical (unpaired) electrons. The van der Waals surface area contributed by atoms with Crippen LogP contribution in [0.3, 0.4) is 0 Å². The van der Waals surface area contributed by atoms with Crippen molar-refractivity contribution in [2.45, 2.75) is 13.3 Å². The van der Waals surface area contributed by atoms with Crippen LogP contribution in [0.5, 0.6) is 11.5 Å². The SMILES string of the molecule is COc1cc2c(cc1OC)-c1c(c(C(=O)Nc3cc(C)on3)nn1C)C2. The van der Waals surface area contributed by atoms with E-state index < -0.39 is 0 Å². The van der Waals surface area contributed by atoms with Crippen molar-refractivity contribution in [2.75, 3.05) is 19.5 Å². The van der Waals surface area contributed by atoms with Crippen molar-refractivity contribution in [3.05, 3.63) is 40.8 Å². The molecule has 1 aliphatic rings. The molecule has 1 aromatic carbocycles. The molecule has 0 aliphatic heterocycles. The van der Waals surface area contributed by atoms with E-state index >= 15 is 0 Å². The third-order valence-electron chi connectivity index (χ3n) is 4.46. The summed E-state index contributed by atoms with van der Waals surface area (Å²) in [6.45, 7) is 1.76. The number of aromatic nitrogens is 3. The Bertz CT molecular complexity index is 1020. The van der Waals surface area contributed by atoms with Gasteiger partial charge in [0.25, 0.3) is 5.91 Å². The topological polar surface area (TPSA) is 91.4 Å². The van der Waals surface area contributed by atoms with E-state index in [1.54, 1.807) is 31.9 Å². The van der Waals surface area contributed by atoms with Crippen LogP contribution in [0.1, 0.15) is 27.4 Å². The first kappa shape index (κ1) is 16.2. The maximum atomic E-state index is 12.7. The summed E-state index contributed by atoms with van der Waals surface area (Å²) in [5.74, 6) is 1.98. The number of hydrogen-bond donors (Lipinski definition) is 1. The highest BCUT2D eigenvalue weighted by Crippen LogP contribution is 2.43. The maximum absolute atomic E-state index is 12.7. The third-order valence-corrected chi connectivity index (χ3v) is 4.46. The number of anilines is 1. The lowest BCUT2D eigenvalue weighted by Crippen LogP contribution is -2.15. The molecule has 1 amide bonds. The summed E-state index contributed by atoms with van der Waals surface area (Å²) < 4.78 is 17.5. The Morgan fingerprint density at radius 2 is 1.96 bits per heavy atom. The van der Waals surface area contributed by atoms with Gasteiger partial charge < -0.3 is 19.3 Å². The molecule has 1 N–H and O–H groups in total. The zero-order valence-corrected chi connectivity index (χ0v) is 14.9. The van der Waals surface area contributed by atoms with Crippen LogP contribution in [0.15, 0.2) is 22.7 Å². The highest BCUT2D eigenvalue weighted by molar-refractivity contribution is 6.05. The van der Waals surface area contributed by atoms with Gasteiger partial charge in [-0.15, -0.1) is 0 Å². The Labute approximate surface area is 149 Å².